The number of rotatable bonds is 5. The van der Waals surface area contributed by atoms with Gasteiger partial charge in [0.2, 0.25) is 0 Å². The van der Waals surface area contributed by atoms with Crippen LogP contribution >= 0.6 is 0 Å². The number of hydrogen-bond acceptors (Lipinski definition) is 0. The summed E-state index contributed by atoms with van der Waals surface area (Å²) in [7, 11) is 0. The molecule has 0 aliphatic heterocycles. The summed E-state index contributed by atoms with van der Waals surface area (Å²) in [6.07, 6.45) is 5.79. The van der Waals surface area contributed by atoms with Crippen LogP contribution in [-0.4, -0.2) is 0 Å². The van der Waals surface area contributed by atoms with E-state index >= 15 is 0 Å². The summed E-state index contributed by atoms with van der Waals surface area (Å²) in [5, 5.41) is 0. The molecule has 0 saturated heterocycles. The van der Waals surface area contributed by atoms with Crippen molar-refractivity contribution in [2.75, 3.05) is 0 Å². The van der Waals surface area contributed by atoms with Crippen molar-refractivity contribution >= 4 is 0 Å². The monoisotopic (exact) mass is 208 g/mol. The van der Waals surface area contributed by atoms with Gasteiger partial charge in [0.15, 0.2) is 0 Å². The molecule has 5 atom stereocenters. The Morgan fingerprint density at radius 2 is 1.80 bits per heavy atom. The average molecular weight is 208 g/mol. The summed E-state index contributed by atoms with van der Waals surface area (Å²) in [6, 6.07) is 0. The van der Waals surface area contributed by atoms with Crippen molar-refractivity contribution in [1.29, 1.82) is 0 Å². The third kappa shape index (κ3) is 1.85. The van der Waals surface area contributed by atoms with Gasteiger partial charge in [-0.25, -0.2) is 0 Å². The van der Waals surface area contributed by atoms with E-state index in [-0.39, 0.29) is 0 Å². The lowest BCUT2D eigenvalue weighted by Gasteiger charge is -2.19. The van der Waals surface area contributed by atoms with Crippen molar-refractivity contribution in [2.45, 2.75) is 60.3 Å². The van der Waals surface area contributed by atoms with Gasteiger partial charge < -0.3 is 0 Å². The highest BCUT2D eigenvalue weighted by molar-refractivity contribution is 5.07. The molecule has 2 aliphatic carbocycles. The van der Waals surface area contributed by atoms with Crippen LogP contribution in [0.2, 0.25) is 0 Å². The molecule has 2 fully saturated rings. The Balaban J connectivity index is 1.97. The average Bonchev–Trinajstić information content (AvgIpc) is 3.05. The lowest BCUT2D eigenvalue weighted by atomic mass is 9.86. The maximum Gasteiger partial charge on any atom is -0.0294 e. The summed E-state index contributed by atoms with van der Waals surface area (Å²) < 4.78 is 0. The summed E-state index contributed by atoms with van der Waals surface area (Å²) in [6.45, 7) is 12.2. The van der Waals surface area contributed by atoms with Gasteiger partial charge in [-0.05, 0) is 41.4 Å². The summed E-state index contributed by atoms with van der Waals surface area (Å²) >= 11 is 0. The van der Waals surface area contributed by atoms with Crippen molar-refractivity contribution in [3.8, 4) is 0 Å². The van der Waals surface area contributed by atoms with Crippen molar-refractivity contribution in [2.24, 2.45) is 35.0 Å². The highest BCUT2D eigenvalue weighted by Crippen LogP contribution is 2.66. The van der Waals surface area contributed by atoms with Crippen LogP contribution < -0.4 is 0 Å². The first-order valence-corrected chi connectivity index (χ1v) is 7.05. The van der Waals surface area contributed by atoms with Gasteiger partial charge in [-0.3, -0.25) is 0 Å². The summed E-state index contributed by atoms with van der Waals surface area (Å²) in [5.41, 5.74) is 0.724. The molecule has 2 aliphatic rings. The van der Waals surface area contributed by atoms with E-state index in [1.807, 2.05) is 0 Å². The zero-order valence-electron chi connectivity index (χ0n) is 11.2. The highest BCUT2D eigenvalue weighted by atomic mass is 14.6. The fraction of sp³-hybridized carbons (Fsp3) is 1.00. The predicted molar refractivity (Wildman–Crippen MR) is 66.7 cm³/mol. The van der Waals surface area contributed by atoms with Gasteiger partial charge in [-0.15, -0.1) is 0 Å². The molecule has 15 heavy (non-hydrogen) atoms. The molecule has 0 N–H and O–H groups in total. The van der Waals surface area contributed by atoms with E-state index in [4.69, 9.17) is 0 Å². The molecule has 2 rings (SSSR count). The van der Waals surface area contributed by atoms with Crippen LogP contribution in [0.1, 0.15) is 60.3 Å². The molecule has 0 heteroatoms. The Hall–Kier alpha value is 0. The Labute approximate surface area is 95.8 Å². The minimum atomic E-state index is 0.724. The Morgan fingerprint density at radius 3 is 2.13 bits per heavy atom. The fourth-order valence-electron chi connectivity index (χ4n) is 3.99. The second-order valence-corrected chi connectivity index (χ2v) is 6.57. The SMILES string of the molecule is CCCC(C1C(C)C1C)C1CC1(C)CC. The zero-order chi connectivity index (χ0) is 11.2. The van der Waals surface area contributed by atoms with E-state index in [0.29, 0.717) is 0 Å². The minimum absolute atomic E-state index is 0.724. The molecular formula is C15H28. The van der Waals surface area contributed by atoms with Crippen LogP contribution in [-0.2, 0) is 0 Å². The molecule has 0 aromatic heterocycles. The third-order valence-electron chi connectivity index (χ3n) is 5.76. The van der Waals surface area contributed by atoms with E-state index in [1.165, 1.54) is 25.7 Å². The zero-order valence-corrected chi connectivity index (χ0v) is 11.2. The third-order valence-corrected chi connectivity index (χ3v) is 5.76. The smallest absolute Gasteiger partial charge is 0.0294 e. The van der Waals surface area contributed by atoms with Crippen molar-refractivity contribution in [1.82, 2.24) is 0 Å². The maximum atomic E-state index is 2.51. The van der Waals surface area contributed by atoms with Crippen LogP contribution in [0.3, 0.4) is 0 Å². The Bertz CT molecular complexity index is 224. The first kappa shape index (κ1) is 11.5. The van der Waals surface area contributed by atoms with Crippen LogP contribution in [0, 0.1) is 35.0 Å². The normalized spacial score (nSPS) is 50.2. The van der Waals surface area contributed by atoms with E-state index in [2.05, 4.69) is 34.6 Å². The van der Waals surface area contributed by atoms with Gasteiger partial charge in [0, 0.05) is 0 Å². The van der Waals surface area contributed by atoms with Gasteiger partial charge in [-0.1, -0.05) is 53.9 Å². The molecule has 0 nitrogen and oxygen atoms in total. The largest absolute Gasteiger partial charge is 0.0654 e. The summed E-state index contributed by atoms with van der Waals surface area (Å²) in [5.74, 6) is 5.24. The molecule has 2 saturated carbocycles. The fourth-order valence-corrected chi connectivity index (χ4v) is 3.99. The second kappa shape index (κ2) is 3.79. The first-order chi connectivity index (χ1) is 7.05. The predicted octanol–water partition coefficient (Wildman–Crippen LogP) is 4.74. The quantitative estimate of drug-likeness (QED) is 0.612. The molecule has 0 radical (unpaired) electrons. The van der Waals surface area contributed by atoms with E-state index in [0.717, 1.165) is 35.0 Å². The van der Waals surface area contributed by atoms with Crippen molar-refractivity contribution in [3.05, 3.63) is 0 Å². The lowest BCUT2D eigenvalue weighted by Crippen LogP contribution is -2.12. The Morgan fingerprint density at radius 1 is 1.20 bits per heavy atom. The van der Waals surface area contributed by atoms with Crippen LogP contribution in [0.25, 0.3) is 0 Å². The minimum Gasteiger partial charge on any atom is -0.0654 e. The topological polar surface area (TPSA) is 0 Å². The van der Waals surface area contributed by atoms with E-state index < -0.39 is 0 Å². The second-order valence-electron chi connectivity index (χ2n) is 6.57. The van der Waals surface area contributed by atoms with Crippen LogP contribution in [0.4, 0.5) is 0 Å². The van der Waals surface area contributed by atoms with Gasteiger partial charge in [-0.2, -0.15) is 0 Å². The van der Waals surface area contributed by atoms with Crippen LogP contribution in [0.5, 0.6) is 0 Å². The molecule has 0 aromatic carbocycles. The van der Waals surface area contributed by atoms with E-state index in [1.54, 1.807) is 0 Å². The highest BCUT2D eigenvalue weighted by Gasteiger charge is 2.59. The molecule has 0 amide bonds. The van der Waals surface area contributed by atoms with Gasteiger partial charge >= 0.3 is 0 Å². The molecule has 88 valence electrons. The maximum absolute atomic E-state index is 2.51. The molecule has 0 bridgehead atoms. The molecule has 0 spiro atoms. The molecular weight excluding hydrogens is 180 g/mol. The number of hydrogen-bond donors (Lipinski definition) is 0. The molecule has 5 unspecified atom stereocenters. The molecule has 0 aromatic rings. The van der Waals surface area contributed by atoms with E-state index in [9.17, 15) is 0 Å². The van der Waals surface area contributed by atoms with Crippen molar-refractivity contribution < 1.29 is 0 Å². The molecule has 0 heterocycles. The van der Waals surface area contributed by atoms with Gasteiger partial charge in [0.05, 0.1) is 0 Å². The van der Waals surface area contributed by atoms with Gasteiger partial charge in [0.25, 0.3) is 0 Å². The first-order valence-electron chi connectivity index (χ1n) is 7.05. The van der Waals surface area contributed by atoms with Crippen LogP contribution in [0.15, 0.2) is 0 Å². The Kier molecular flexibility index (Phi) is 2.90. The standard InChI is InChI=1S/C15H28/c1-6-8-12(14-10(3)11(14)4)13-9-15(13,5)7-2/h10-14H,6-9H2,1-5H3. The summed E-state index contributed by atoms with van der Waals surface area (Å²) in [4.78, 5) is 0. The van der Waals surface area contributed by atoms with Gasteiger partial charge in [0.1, 0.15) is 0 Å². The lowest BCUT2D eigenvalue weighted by molar-refractivity contribution is 0.296. The van der Waals surface area contributed by atoms with Crippen molar-refractivity contribution in [3.63, 3.8) is 0 Å².